The van der Waals surface area contributed by atoms with E-state index in [0.717, 1.165) is 0 Å². The number of hydrogen-bond donors (Lipinski definition) is 1. The molecule has 0 aliphatic carbocycles. The fourth-order valence-electron chi connectivity index (χ4n) is 1.08. The smallest absolute Gasteiger partial charge is 0.263 e. The van der Waals surface area contributed by atoms with E-state index in [1.807, 2.05) is 0 Å². The Bertz CT molecular complexity index is 421. The molecule has 0 spiro atoms. The number of hydrogen-bond acceptors (Lipinski definition) is 4. The van der Waals surface area contributed by atoms with Crippen molar-refractivity contribution in [2.45, 2.75) is 6.42 Å². The molecule has 5 heteroatoms. The molecule has 2 aromatic rings. The zero-order chi connectivity index (χ0) is 9.97. The topological polar surface area (TPSA) is 59.4 Å². The second kappa shape index (κ2) is 3.86. The third-order valence-electron chi connectivity index (χ3n) is 1.70. The minimum Gasteiger partial charge on any atom is -0.442 e. The van der Waals surface area contributed by atoms with Crippen molar-refractivity contribution in [1.82, 2.24) is 4.98 Å². The molecule has 0 bridgehead atoms. The molecule has 0 unspecified atom stereocenters. The normalized spacial score (nSPS) is 10.7. The van der Waals surface area contributed by atoms with Crippen LogP contribution in [0.25, 0.3) is 11.7 Å². The molecular formula is C9H8ClNO3. The van der Waals surface area contributed by atoms with Gasteiger partial charge in [-0.15, -0.1) is 0 Å². The van der Waals surface area contributed by atoms with Crippen molar-refractivity contribution < 1.29 is 13.9 Å². The number of furan rings is 1. The molecule has 2 rings (SSSR count). The van der Waals surface area contributed by atoms with Gasteiger partial charge in [0.15, 0.2) is 11.0 Å². The monoisotopic (exact) mass is 213 g/mol. The Hall–Kier alpha value is -1.26. The highest BCUT2D eigenvalue weighted by molar-refractivity contribution is 6.28. The molecule has 2 aromatic heterocycles. The van der Waals surface area contributed by atoms with Crippen LogP contribution in [0.4, 0.5) is 0 Å². The fourth-order valence-corrected chi connectivity index (χ4v) is 1.22. The molecule has 0 saturated heterocycles. The number of oxazole rings is 1. The largest absolute Gasteiger partial charge is 0.442 e. The van der Waals surface area contributed by atoms with Crippen LogP contribution in [-0.4, -0.2) is 16.7 Å². The highest BCUT2D eigenvalue weighted by Crippen LogP contribution is 2.23. The van der Waals surface area contributed by atoms with Gasteiger partial charge in [-0.2, -0.15) is 0 Å². The van der Waals surface area contributed by atoms with E-state index in [-0.39, 0.29) is 6.61 Å². The Morgan fingerprint density at radius 1 is 1.43 bits per heavy atom. The Morgan fingerprint density at radius 2 is 2.29 bits per heavy atom. The molecule has 0 radical (unpaired) electrons. The quantitative estimate of drug-likeness (QED) is 0.849. The van der Waals surface area contributed by atoms with Crippen molar-refractivity contribution in [2.24, 2.45) is 0 Å². The van der Waals surface area contributed by atoms with Gasteiger partial charge in [0, 0.05) is 13.0 Å². The van der Waals surface area contributed by atoms with E-state index in [9.17, 15) is 0 Å². The summed E-state index contributed by atoms with van der Waals surface area (Å²) in [5.41, 5.74) is 0.690. The van der Waals surface area contributed by atoms with E-state index in [1.165, 1.54) is 6.26 Å². The molecule has 74 valence electrons. The Labute approximate surface area is 85.1 Å². The third-order valence-corrected chi connectivity index (χ3v) is 1.91. The van der Waals surface area contributed by atoms with Crippen molar-refractivity contribution in [3.8, 4) is 11.7 Å². The van der Waals surface area contributed by atoms with E-state index in [0.29, 0.717) is 29.0 Å². The summed E-state index contributed by atoms with van der Waals surface area (Å²) in [6.07, 6.45) is 1.96. The van der Waals surface area contributed by atoms with Gasteiger partial charge in [0.1, 0.15) is 6.26 Å². The third kappa shape index (κ3) is 1.81. The van der Waals surface area contributed by atoms with Crippen LogP contribution in [0.2, 0.25) is 5.22 Å². The molecule has 0 atom stereocenters. The zero-order valence-corrected chi connectivity index (χ0v) is 7.99. The van der Waals surface area contributed by atoms with E-state index in [1.54, 1.807) is 12.1 Å². The summed E-state index contributed by atoms with van der Waals surface area (Å²) in [5.74, 6) is 0.861. The lowest BCUT2D eigenvalue weighted by molar-refractivity contribution is 0.298. The van der Waals surface area contributed by atoms with Crippen LogP contribution in [0.5, 0.6) is 0 Å². The first-order valence-electron chi connectivity index (χ1n) is 4.10. The average molecular weight is 214 g/mol. The number of aliphatic hydroxyl groups is 1. The highest BCUT2D eigenvalue weighted by Gasteiger charge is 2.10. The van der Waals surface area contributed by atoms with Gasteiger partial charge in [-0.3, -0.25) is 0 Å². The Balaban J connectivity index is 2.24. The second-order valence-corrected chi connectivity index (χ2v) is 3.09. The molecule has 0 amide bonds. The summed E-state index contributed by atoms with van der Waals surface area (Å²) in [7, 11) is 0. The van der Waals surface area contributed by atoms with Gasteiger partial charge < -0.3 is 13.9 Å². The highest BCUT2D eigenvalue weighted by atomic mass is 35.5. The molecule has 0 fully saturated rings. The molecule has 0 aromatic carbocycles. The second-order valence-electron chi connectivity index (χ2n) is 2.72. The van der Waals surface area contributed by atoms with Crippen LogP contribution < -0.4 is 0 Å². The Kier molecular flexibility index (Phi) is 2.56. The van der Waals surface area contributed by atoms with E-state index in [4.69, 9.17) is 25.5 Å². The first kappa shape index (κ1) is 9.30. The van der Waals surface area contributed by atoms with Crippen LogP contribution in [0.1, 0.15) is 5.69 Å². The van der Waals surface area contributed by atoms with Crippen LogP contribution in [0.3, 0.4) is 0 Å². The first-order chi connectivity index (χ1) is 6.79. The number of rotatable bonds is 3. The van der Waals surface area contributed by atoms with Gasteiger partial charge in [-0.25, -0.2) is 4.98 Å². The first-order valence-corrected chi connectivity index (χ1v) is 4.48. The SMILES string of the molecule is OCCc1coc(-c2ccc(Cl)o2)n1. The number of aromatic nitrogens is 1. The summed E-state index contributed by atoms with van der Waals surface area (Å²) in [4.78, 5) is 4.10. The Morgan fingerprint density at radius 3 is 2.93 bits per heavy atom. The van der Waals surface area contributed by atoms with E-state index < -0.39 is 0 Å². The maximum atomic E-state index is 8.68. The van der Waals surface area contributed by atoms with Gasteiger partial charge in [0.2, 0.25) is 0 Å². The standard InChI is InChI=1S/C9H8ClNO3/c10-8-2-1-7(14-8)9-11-6(3-4-12)5-13-9/h1-2,5,12H,3-4H2. The van der Waals surface area contributed by atoms with Crippen LogP contribution in [-0.2, 0) is 6.42 Å². The van der Waals surface area contributed by atoms with E-state index in [2.05, 4.69) is 4.98 Å². The molecule has 14 heavy (non-hydrogen) atoms. The summed E-state index contributed by atoms with van der Waals surface area (Å²) in [6, 6.07) is 3.30. The van der Waals surface area contributed by atoms with Crippen molar-refractivity contribution in [2.75, 3.05) is 6.61 Å². The number of nitrogens with zero attached hydrogens (tertiary/aromatic N) is 1. The predicted molar refractivity (Wildman–Crippen MR) is 50.0 cm³/mol. The maximum Gasteiger partial charge on any atom is 0.263 e. The van der Waals surface area contributed by atoms with Gasteiger partial charge in [-0.1, -0.05) is 0 Å². The number of aliphatic hydroxyl groups excluding tert-OH is 1. The molecule has 0 aliphatic heterocycles. The summed E-state index contributed by atoms with van der Waals surface area (Å²) in [6.45, 7) is 0.0465. The summed E-state index contributed by atoms with van der Waals surface area (Å²) in [5, 5.41) is 8.97. The lowest BCUT2D eigenvalue weighted by Crippen LogP contribution is -1.89. The number of halogens is 1. The van der Waals surface area contributed by atoms with Crippen LogP contribution in [0.15, 0.2) is 27.2 Å². The van der Waals surface area contributed by atoms with Crippen molar-refractivity contribution in [3.63, 3.8) is 0 Å². The van der Waals surface area contributed by atoms with Gasteiger partial charge in [0.25, 0.3) is 5.89 Å². The average Bonchev–Trinajstić information content (AvgIpc) is 2.74. The molecule has 0 aliphatic rings. The maximum absolute atomic E-state index is 8.68. The van der Waals surface area contributed by atoms with Gasteiger partial charge in [0.05, 0.1) is 5.69 Å². The lowest BCUT2D eigenvalue weighted by atomic mass is 10.3. The predicted octanol–water partition coefficient (Wildman–Crippen LogP) is 2.12. The minimum absolute atomic E-state index is 0.0465. The summed E-state index contributed by atoms with van der Waals surface area (Å²) < 4.78 is 10.2. The molecule has 1 N–H and O–H groups in total. The van der Waals surface area contributed by atoms with Gasteiger partial charge in [-0.05, 0) is 23.7 Å². The van der Waals surface area contributed by atoms with Gasteiger partial charge >= 0.3 is 0 Å². The lowest BCUT2D eigenvalue weighted by Gasteiger charge is -1.86. The minimum atomic E-state index is 0.0465. The van der Waals surface area contributed by atoms with Crippen LogP contribution >= 0.6 is 11.6 Å². The molecule has 2 heterocycles. The van der Waals surface area contributed by atoms with Crippen molar-refractivity contribution in [3.05, 3.63) is 29.3 Å². The fraction of sp³-hybridized carbons (Fsp3) is 0.222. The van der Waals surface area contributed by atoms with Crippen molar-refractivity contribution >= 4 is 11.6 Å². The zero-order valence-electron chi connectivity index (χ0n) is 7.24. The van der Waals surface area contributed by atoms with Crippen LogP contribution in [0, 0.1) is 0 Å². The molecular weight excluding hydrogens is 206 g/mol. The molecule has 0 saturated carbocycles. The van der Waals surface area contributed by atoms with E-state index >= 15 is 0 Å². The summed E-state index contributed by atoms with van der Waals surface area (Å²) >= 11 is 5.60. The molecule has 4 nitrogen and oxygen atoms in total. The van der Waals surface area contributed by atoms with Crippen molar-refractivity contribution in [1.29, 1.82) is 0 Å².